The van der Waals surface area contributed by atoms with Crippen LogP contribution < -0.4 is 5.32 Å². The van der Waals surface area contributed by atoms with Crippen LogP contribution in [0.1, 0.15) is 17.0 Å². The number of nitrogens with one attached hydrogen (secondary N) is 1. The minimum Gasteiger partial charge on any atom is -0.361 e. The van der Waals surface area contributed by atoms with Gasteiger partial charge in [0.2, 0.25) is 5.91 Å². The zero-order valence-electron chi connectivity index (χ0n) is 9.94. The molecule has 1 aromatic heterocycles. The lowest BCUT2D eigenvalue weighted by Gasteiger charge is -2.04. The quantitative estimate of drug-likeness (QED) is 0.923. The molecule has 0 radical (unpaired) electrons. The molecule has 0 aliphatic heterocycles. The summed E-state index contributed by atoms with van der Waals surface area (Å²) < 4.78 is 4.91. The molecule has 0 unspecified atom stereocenters. The summed E-state index contributed by atoms with van der Waals surface area (Å²) >= 11 is 5.98. The van der Waals surface area contributed by atoms with E-state index in [1.165, 1.54) is 0 Å². The zero-order chi connectivity index (χ0) is 13.0. The zero-order valence-corrected chi connectivity index (χ0v) is 10.7. The van der Waals surface area contributed by atoms with Crippen LogP contribution in [-0.2, 0) is 17.8 Å². The number of benzene rings is 1. The number of hydrogen-bond acceptors (Lipinski definition) is 3. The van der Waals surface area contributed by atoms with Crippen LogP contribution in [0.25, 0.3) is 0 Å². The van der Waals surface area contributed by atoms with E-state index >= 15 is 0 Å². The highest BCUT2D eigenvalue weighted by molar-refractivity contribution is 6.31. The molecule has 1 heterocycles. The van der Waals surface area contributed by atoms with Gasteiger partial charge in [-0.1, -0.05) is 35.0 Å². The molecule has 0 aliphatic rings. The van der Waals surface area contributed by atoms with Crippen molar-refractivity contribution in [2.24, 2.45) is 0 Å². The molecule has 2 aromatic rings. The van der Waals surface area contributed by atoms with Crippen LogP contribution in [0.3, 0.4) is 0 Å². The number of aryl methyl sites for hydroxylation is 1. The number of amides is 1. The van der Waals surface area contributed by atoms with Crippen LogP contribution in [-0.4, -0.2) is 11.1 Å². The SMILES string of the molecule is Cc1cc(CNC(=O)Cc2ccccc2Cl)no1. The van der Waals surface area contributed by atoms with Crippen LogP contribution in [0.4, 0.5) is 0 Å². The van der Waals surface area contributed by atoms with E-state index in [4.69, 9.17) is 16.1 Å². The molecular weight excluding hydrogens is 252 g/mol. The maximum atomic E-state index is 11.7. The van der Waals surface area contributed by atoms with E-state index in [1.807, 2.05) is 25.1 Å². The van der Waals surface area contributed by atoms with Gasteiger partial charge in [-0.05, 0) is 18.6 Å². The Bertz CT molecular complexity index is 551. The Morgan fingerprint density at radius 2 is 2.22 bits per heavy atom. The van der Waals surface area contributed by atoms with Crippen LogP contribution >= 0.6 is 11.6 Å². The summed E-state index contributed by atoms with van der Waals surface area (Å²) in [7, 11) is 0. The number of rotatable bonds is 4. The van der Waals surface area contributed by atoms with E-state index in [2.05, 4.69) is 10.5 Å². The Morgan fingerprint density at radius 3 is 2.89 bits per heavy atom. The number of carbonyl (C=O) groups excluding carboxylic acids is 1. The van der Waals surface area contributed by atoms with Gasteiger partial charge in [-0.2, -0.15) is 0 Å². The minimum atomic E-state index is -0.0937. The van der Waals surface area contributed by atoms with Crippen molar-refractivity contribution in [1.29, 1.82) is 0 Å². The molecule has 0 bridgehead atoms. The second kappa shape index (κ2) is 5.69. The molecule has 1 aromatic carbocycles. The van der Waals surface area contributed by atoms with Crippen molar-refractivity contribution in [2.45, 2.75) is 19.9 Å². The van der Waals surface area contributed by atoms with Crippen molar-refractivity contribution in [3.8, 4) is 0 Å². The Morgan fingerprint density at radius 1 is 1.44 bits per heavy atom. The molecule has 5 heteroatoms. The van der Waals surface area contributed by atoms with Crippen LogP contribution in [0.15, 0.2) is 34.9 Å². The first-order chi connectivity index (χ1) is 8.65. The van der Waals surface area contributed by atoms with Crippen molar-refractivity contribution < 1.29 is 9.32 Å². The van der Waals surface area contributed by atoms with Gasteiger partial charge >= 0.3 is 0 Å². The van der Waals surface area contributed by atoms with Crippen molar-refractivity contribution in [3.63, 3.8) is 0 Å². The van der Waals surface area contributed by atoms with Gasteiger partial charge in [-0.3, -0.25) is 4.79 Å². The summed E-state index contributed by atoms with van der Waals surface area (Å²) in [6.45, 7) is 2.17. The highest BCUT2D eigenvalue weighted by Crippen LogP contribution is 2.15. The van der Waals surface area contributed by atoms with Gasteiger partial charge in [0, 0.05) is 11.1 Å². The fourth-order valence-corrected chi connectivity index (χ4v) is 1.77. The smallest absolute Gasteiger partial charge is 0.224 e. The Labute approximate surface area is 110 Å². The summed E-state index contributed by atoms with van der Waals surface area (Å²) in [5, 5.41) is 7.17. The predicted octanol–water partition coefficient (Wildman–Crippen LogP) is 2.50. The summed E-state index contributed by atoms with van der Waals surface area (Å²) in [6.07, 6.45) is 0.260. The Hall–Kier alpha value is -1.81. The lowest BCUT2D eigenvalue weighted by Crippen LogP contribution is -2.24. The van der Waals surface area contributed by atoms with Crippen LogP contribution in [0.2, 0.25) is 5.02 Å². The maximum absolute atomic E-state index is 11.7. The molecule has 0 atom stereocenters. The summed E-state index contributed by atoms with van der Waals surface area (Å²) in [6, 6.07) is 9.08. The predicted molar refractivity (Wildman–Crippen MR) is 68.2 cm³/mol. The third-order valence-corrected chi connectivity index (χ3v) is 2.82. The average molecular weight is 265 g/mol. The van der Waals surface area contributed by atoms with Gasteiger partial charge in [0.05, 0.1) is 13.0 Å². The minimum absolute atomic E-state index is 0.0937. The van der Waals surface area contributed by atoms with Crippen LogP contribution in [0, 0.1) is 6.92 Å². The maximum Gasteiger partial charge on any atom is 0.224 e. The number of nitrogens with zero attached hydrogens (tertiary/aromatic N) is 1. The Balaban J connectivity index is 1.88. The molecule has 1 amide bonds. The second-order valence-corrected chi connectivity index (χ2v) is 4.38. The highest BCUT2D eigenvalue weighted by atomic mass is 35.5. The lowest BCUT2D eigenvalue weighted by molar-refractivity contribution is -0.120. The van der Waals surface area contributed by atoms with Gasteiger partial charge < -0.3 is 9.84 Å². The summed E-state index contributed by atoms with van der Waals surface area (Å²) in [4.78, 5) is 11.7. The number of hydrogen-bond donors (Lipinski definition) is 1. The largest absolute Gasteiger partial charge is 0.361 e. The summed E-state index contributed by atoms with van der Waals surface area (Å²) in [5.74, 6) is 0.633. The molecule has 0 saturated heterocycles. The van der Waals surface area contributed by atoms with Crippen molar-refractivity contribution in [3.05, 3.63) is 52.4 Å². The molecule has 0 fully saturated rings. The fraction of sp³-hybridized carbons (Fsp3) is 0.231. The van der Waals surface area contributed by atoms with Gasteiger partial charge in [0.15, 0.2) is 0 Å². The summed E-state index contributed by atoms with van der Waals surface area (Å²) in [5.41, 5.74) is 1.52. The third kappa shape index (κ3) is 3.34. The second-order valence-electron chi connectivity index (χ2n) is 3.97. The van der Waals surface area contributed by atoms with Crippen molar-refractivity contribution >= 4 is 17.5 Å². The molecular formula is C13H13ClN2O2. The normalized spacial score (nSPS) is 10.3. The van der Waals surface area contributed by atoms with E-state index in [1.54, 1.807) is 12.1 Å². The first kappa shape index (κ1) is 12.6. The fourth-order valence-electron chi connectivity index (χ4n) is 1.57. The molecule has 0 aliphatic carbocycles. The van der Waals surface area contributed by atoms with E-state index < -0.39 is 0 Å². The first-order valence-corrected chi connectivity index (χ1v) is 5.95. The van der Waals surface area contributed by atoms with E-state index in [-0.39, 0.29) is 12.3 Å². The number of halogens is 1. The standard InChI is InChI=1S/C13H13ClN2O2/c1-9-6-11(16-18-9)8-15-13(17)7-10-4-2-3-5-12(10)14/h2-6H,7-8H2,1H3,(H,15,17). The van der Waals surface area contributed by atoms with Gasteiger partial charge in [0.1, 0.15) is 11.5 Å². The van der Waals surface area contributed by atoms with Crippen molar-refractivity contribution in [1.82, 2.24) is 10.5 Å². The molecule has 4 nitrogen and oxygen atoms in total. The molecule has 94 valence electrons. The molecule has 18 heavy (non-hydrogen) atoms. The van der Waals surface area contributed by atoms with Gasteiger partial charge in [-0.15, -0.1) is 0 Å². The molecule has 0 saturated carbocycles. The average Bonchev–Trinajstić information content (AvgIpc) is 2.76. The lowest BCUT2D eigenvalue weighted by atomic mass is 10.1. The first-order valence-electron chi connectivity index (χ1n) is 5.57. The van der Waals surface area contributed by atoms with E-state index in [0.29, 0.717) is 17.3 Å². The van der Waals surface area contributed by atoms with E-state index in [9.17, 15) is 4.79 Å². The number of carbonyl (C=O) groups is 1. The molecule has 2 rings (SSSR count). The highest BCUT2D eigenvalue weighted by Gasteiger charge is 2.07. The molecule has 1 N–H and O–H groups in total. The topological polar surface area (TPSA) is 55.1 Å². The van der Waals surface area contributed by atoms with Gasteiger partial charge in [0.25, 0.3) is 0 Å². The monoisotopic (exact) mass is 264 g/mol. The van der Waals surface area contributed by atoms with Crippen LogP contribution in [0.5, 0.6) is 0 Å². The Kier molecular flexibility index (Phi) is 3.99. The van der Waals surface area contributed by atoms with E-state index in [0.717, 1.165) is 11.3 Å². The third-order valence-electron chi connectivity index (χ3n) is 2.45. The van der Waals surface area contributed by atoms with Crippen molar-refractivity contribution in [2.75, 3.05) is 0 Å². The van der Waals surface area contributed by atoms with Gasteiger partial charge in [-0.25, -0.2) is 0 Å². The molecule has 0 spiro atoms. The number of aromatic nitrogens is 1.